The number of nitrogens with two attached hydrogens (primary N) is 1. The predicted octanol–water partition coefficient (Wildman–Crippen LogP) is -0.784. The van der Waals surface area contributed by atoms with Crippen LogP contribution in [0.1, 0.15) is 0 Å². The highest BCUT2D eigenvalue weighted by molar-refractivity contribution is 5.78. The molecule has 0 spiro atoms. The molecular weight excluding hydrogens is 188 g/mol. The van der Waals surface area contributed by atoms with Gasteiger partial charge < -0.3 is 10.5 Å². The first-order valence-corrected chi connectivity index (χ1v) is 3.66. The number of carbonyl (C=O) groups is 1. The number of primary amides is 1. The zero-order valence-corrected chi connectivity index (χ0v) is 7.21. The second-order valence-corrected chi connectivity index (χ2v) is 2.46. The van der Waals surface area contributed by atoms with Crippen LogP contribution in [-0.4, -0.2) is 31.1 Å². The second kappa shape index (κ2) is 2.91. The van der Waals surface area contributed by atoms with E-state index in [1.165, 1.54) is 11.1 Å². The van der Waals surface area contributed by atoms with Gasteiger partial charge in [0.2, 0.25) is 5.65 Å². The SMILES string of the molecule is Cn1nc2ncnc(OC(N)=O)c2n1. The van der Waals surface area contributed by atoms with Crippen molar-refractivity contribution in [2.24, 2.45) is 12.8 Å². The number of aromatic nitrogens is 5. The molecule has 0 aromatic carbocycles. The molecule has 72 valence electrons. The van der Waals surface area contributed by atoms with Crippen LogP contribution < -0.4 is 10.5 Å². The average Bonchev–Trinajstić information content (AvgIpc) is 2.45. The molecule has 0 aliphatic carbocycles. The van der Waals surface area contributed by atoms with Crippen molar-refractivity contribution in [3.8, 4) is 5.88 Å². The lowest BCUT2D eigenvalue weighted by Gasteiger charge is -1.96. The molecule has 8 nitrogen and oxygen atoms in total. The van der Waals surface area contributed by atoms with Crippen molar-refractivity contribution < 1.29 is 9.53 Å². The van der Waals surface area contributed by atoms with Crippen molar-refractivity contribution in [1.29, 1.82) is 0 Å². The second-order valence-electron chi connectivity index (χ2n) is 2.46. The monoisotopic (exact) mass is 194 g/mol. The number of fused-ring (bicyclic) bond motifs is 1. The maximum Gasteiger partial charge on any atom is 0.411 e. The number of aryl methyl sites for hydroxylation is 1. The molecule has 2 rings (SSSR count). The lowest BCUT2D eigenvalue weighted by molar-refractivity contribution is 0.209. The molecule has 0 unspecified atom stereocenters. The molecule has 2 N–H and O–H groups in total. The van der Waals surface area contributed by atoms with Crippen LogP contribution in [0.2, 0.25) is 0 Å². The van der Waals surface area contributed by atoms with E-state index in [-0.39, 0.29) is 5.88 Å². The first-order chi connectivity index (χ1) is 6.66. The van der Waals surface area contributed by atoms with Crippen molar-refractivity contribution in [3.05, 3.63) is 6.33 Å². The highest BCUT2D eigenvalue weighted by Crippen LogP contribution is 2.16. The number of amides is 1. The van der Waals surface area contributed by atoms with Gasteiger partial charge in [-0.05, 0) is 0 Å². The Kier molecular flexibility index (Phi) is 1.73. The largest absolute Gasteiger partial charge is 0.411 e. The molecule has 2 aromatic rings. The van der Waals surface area contributed by atoms with Crippen LogP contribution in [0.5, 0.6) is 5.88 Å². The molecule has 0 radical (unpaired) electrons. The molecule has 0 saturated heterocycles. The van der Waals surface area contributed by atoms with E-state index in [2.05, 4.69) is 24.9 Å². The van der Waals surface area contributed by atoms with Gasteiger partial charge in [0.1, 0.15) is 6.33 Å². The molecule has 0 aliphatic heterocycles. The van der Waals surface area contributed by atoms with Crippen molar-refractivity contribution >= 4 is 17.3 Å². The van der Waals surface area contributed by atoms with E-state index in [1.54, 1.807) is 7.05 Å². The Morgan fingerprint density at radius 2 is 2.29 bits per heavy atom. The zero-order chi connectivity index (χ0) is 10.1. The van der Waals surface area contributed by atoms with Crippen LogP contribution in [0.3, 0.4) is 0 Å². The molecule has 0 fully saturated rings. The molecule has 8 heteroatoms. The Hall–Kier alpha value is -2.25. The molecule has 0 atom stereocenters. The Morgan fingerprint density at radius 1 is 1.50 bits per heavy atom. The van der Waals surface area contributed by atoms with Crippen LogP contribution in [-0.2, 0) is 7.05 Å². The van der Waals surface area contributed by atoms with Crippen LogP contribution in [0.25, 0.3) is 11.2 Å². The lowest BCUT2D eigenvalue weighted by atomic mass is 10.5. The summed E-state index contributed by atoms with van der Waals surface area (Å²) in [6, 6.07) is 0. The quantitative estimate of drug-likeness (QED) is 0.637. The van der Waals surface area contributed by atoms with Crippen LogP contribution in [0.15, 0.2) is 6.33 Å². The summed E-state index contributed by atoms with van der Waals surface area (Å²) in [5.74, 6) is 0.00981. The normalized spacial score (nSPS) is 10.4. The van der Waals surface area contributed by atoms with Crippen LogP contribution in [0, 0.1) is 0 Å². The minimum Gasteiger partial charge on any atom is -0.389 e. The predicted molar refractivity (Wildman–Crippen MR) is 44.3 cm³/mol. The van der Waals surface area contributed by atoms with Gasteiger partial charge in [0.15, 0.2) is 5.52 Å². The summed E-state index contributed by atoms with van der Waals surface area (Å²) >= 11 is 0. The van der Waals surface area contributed by atoms with Crippen molar-refractivity contribution in [3.63, 3.8) is 0 Å². The minimum atomic E-state index is -0.948. The number of nitrogens with zero attached hydrogens (tertiary/aromatic N) is 5. The fourth-order valence-electron chi connectivity index (χ4n) is 0.989. The first-order valence-electron chi connectivity index (χ1n) is 3.66. The summed E-state index contributed by atoms with van der Waals surface area (Å²) in [5.41, 5.74) is 5.49. The summed E-state index contributed by atoms with van der Waals surface area (Å²) < 4.78 is 4.61. The van der Waals surface area contributed by atoms with Gasteiger partial charge in [-0.3, -0.25) is 0 Å². The zero-order valence-electron chi connectivity index (χ0n) is 7.21. The maximum atomic E-state index is 10.5. The minimum absolute atomic E-state index is 0.00981. The van der Waals surface area contributed by atoms with E-state index in [0.29, 0.717) is 11.2 Å². The third-order valence-corrected chi connectivity index (χ3v) is 1.45. The number of hydrogen-bond donors (Lipinski definition) is 1. The summed E-state index contributed by atoms with van der Waals surface area (Å²) in [7, 11) is 1.62. The van der Waals surface area contributed by atoms with Crippen LogP contribution in [0.4, 0.5) is 4.79 Å². The van der Waals surface area contributed by atoms with E-state index in [1.807, 2.05) is 0 Å². The molecule has 0 saturated carbocycles. The Labute approximate surface area is 77.7 Å². The van der Waals surface area contributed by atoms with Crippen LogP contribution >= 0.6 is 0 Å². The van der Waals surface area contributed by atoms with E-state index in [9.17, 15) is 4.79 Å². The molecule has 0 bridgehead atoms. The topological polar surface area (TPSA) is 109 Å². The highest BCUT2D eigenvalue weighted by atomic mass is 16.6. The Morgan fingerprint density at radius 3 is 3.00 bits per heavy atom. The molecular formula is C6H6N6O2. The average molecular weight is 194 g/mol. The summed E-state index contributed by atoms with van der Waals surface area (Å²) in [4.78, 5) is 19.3. The number of ether oxygens (including phenoxy) is 1. The number of hydrogen-bond acceptors (Lipinski definition) is 6. The standard InChI is InChI=1S/C6H6N6O2/c1-12-10-3-4(11-12)8-2-9-5(3)14-6(7)13/h2H,1H3,(H2,7,13). The third kappa shape index (κ3) is 1.32. The molecule has 2 aromatic heterocycles. The molecule has 2 heterocycles. The van der Waals surface area contributed by atoms with Gasteiger partial charge in [0.05, 0.1) is 0 Å². The fourth-order valence-corrected chi connectivity index (χ4v) is 0.989. The van der Waals surface area contributed by atoms with Gasteiger partial charge in [-0.2, -0.15) is 9.78 Å². The number of rotatable bonds is 1. The number of carbonyl (C=O) groups excluding carboxylic acids is 1. The van der Waals surface area contributed by atoms with Crippen molar-refractivity contribution in [2.45, 2.75) is 0 Å². The van der Waals surface area contributed by atoms with Gasteiger partial charge in [0, 0.05) is 7.05 Å². The van der Waals surface area contributed by atoms with E-state index in [4.69, 9.17) is 5.73 Å². The van der Waals surface area contributed by atoms with E-state index in [0.717, 1.165) is 0 Å². The van der Waals surface area contributed by atoms with Gasteiger partial charge in [0.25, 0.3) is 5.88 Å². The summed E-state index contributed by atoms with van der Waals surface area (Å²) in [5, 5.41) is 7.82. The van der Waals surface area contributed by atoms with E-state index >= 15 is 0 Å². The highest BCUT2D eigenvalue weighted by Gasteiger charge is 2.11. The van der Waals surface area contributed by atoms with Gasteiger partial charge >= 0.3 is 6.09 Å². The maximum absolute atomic E-state index is 10.5. The third-order valence-electron chi connectivity index (χ3n) is 1.45. The first kappa shape index (κ1) is 8.35. The molecule has 0 aliphatic rings. The smallest absolute Gasteiger partial charge is 0.389 e. The fraction of sp³-hybridized carbons (Fsp3) is 0.167. The van der Waals surface area contributed by atoms with Crippen molar-refractivity contribution in [1.82, 2.24) is 25.0 Å². The van der Waals surface area contributed by atoms with Crippen molar-refractivity contribution in [2.75, 3.05) is 0 Å². The lowest BCUT2D eigenvalue weighted by Crippen LogP contribution is -2.17. The summed E-state index contributed by atoms with van der Waals surface area (Å²) in [6.45, 7) is 0. The molecule has 1 amide bonds. The molecule has 14 heavy (non-hydrogen) atoms. The van der Waals surface area contributed by atoms with Gasteiger partial charge in [-0.1, -0.05) is 0 Å². The van der Waals surface area contributed by atoms with Gasteiger partial charge in [-0.15, -0.1) is 10.2 Å². The summed E-state index contributed by atoms with van der Waals surface area (Å²) in [6.07, 6.45) is 0.269. The Bertz CT molecular complexity index is 492. The van der Waals surface area contributed by atoms with E-state index < -0.39 is 6.09 Å². The Balaban J connectivity index is 2.58. The van der Waals surface area contributed by atoms with Gasteiger partial charge in [-0.25, -0.2) is 9.78 Å².